The fourth-order valence-electron chi connectivity index (χ4n) is 2.84. The standard InChI is InChI=1S/C10H18N2O3/c1-15-8-2-5-12(9(13)14)7-10(8)3-4-11-6-10/h8,11H,2-7H2,1H3,(H,13,14). The van der Waals surface area contributed by atoms with Crippen LogP contribution < -0.4 is 5.32 Å². The molecule has 2 aliphatic heterocycles. The molecule has 2 saturated heterocycles. The molecule has 5 heteroatoms. The van der Waals surface area contributed by atoms with Crippen LogP contribution in [0.2, 0.25) is 0 Å². The molecule has 0 aromatic heterocycles. The van der Waals surface area contributed by atoms with Crippen molar-refractivity contribution in [3.8, 4) is 0 Å². The average Bonchev–Trinajstić information content (AvgIpc) is 2.67. The lowest BCUT2D eigenvalue weighted by molar-refractivity contribution is -0.0539. The Kier molecular flexibility index (Phi) is 2.84. The molecule has 0 aromatic carbocycles. The van der Waals surface area contributed by atoms with Crippen molar-refractivity contribution in [2.75, 3.05) is 33.3 Å². The molecule has 5 nitrogen and oxygen atoms in total. The first kappa shape index (κ1) is 10.7. The minimum Gasteiger partial charge on any atom is -0.465 e. The molecule has 2 rings (SSSR count). The summed E-state index contributed by atoms with van der Waals surface area (Å²) >= 11 is 0. The van der Waals surface area contributed by atoms with Crippen molar-refractivity contribution in [2.45, 2.75) is 18.9 Å². The van der Waals surface area contributed by atoms with E-state index in [0.717, 1.165) is 25.9 Å². The molecule has 0 saturated carbocycles. The van der Waals surface area contributed by atoms with Gasteiger partial charge in [0.25, 0.3) is 0 Å². The van der Waals surface area contributed by atoms with Crippen molar-refractivity contribution < 1.29 is 14.6 Å². The molecular formula is C10H18N2O3. The first-order valence-corrected chi connectivity index (χ1v) is 5.39. The van der Waals surface area contributed by atoms with Crippen molar-refractivity contribution >= 4 is 6.09 Å². The van der Waals surface area contributed by atoms with Crippen molar-refractivity contribution in [1.29, 1.82) is 0 Å². The summed E-state index contributed by atoms with van der Waals surface area (Å²) in [5.74, 6) is 0. The van der Waals surface area contributed by atoms with E-state index >= 15 is 0 Å². The van der Waals surface area contributed by atoms with Crippen LogP contribution in [0, 0.1) is 5.41 Å². The van der Waals surface area contributed by atoms with E-state index in [1.165, 1.54) is 4.90 Å². The highest BCUT2D eigenvalue weighted by atomic mass is 16.5. The number of hydrogen-bond donors (Lipinski definition) is 2. The van der Waals surface area contributed by atoms with Gasteiger partial charge in [-0.25, -0.2) is 4.79 Å². The molecule has 0 aliphatic carbocycles. The first-order chi connectivity index (χ1) is 7.18. The second-order valence-corrected chi connectivity index (χ2v) is 4.51. The summed E-state index contributed by atoms with van der Waals surface area (Å²) in [7, 11) is 1.72. The third-order valence-corrected chi connectivity index (χ3v) is 3.68. The monoisotopic (exact) mass is 214 g/mol. The maximum absolute atomic E-state index is 11.0. The summed E-state index contributed by atoms with van der Waals surface area (Å²) in [6, 6.07) is 0. The van der Waals surface area contributed by atoms with E-state index in [4.69, 9.17) is 9.84 Å². The molecule has 0 bridgehead atoms. The fraction of sp³-hybridized carbons (Fsp3) is 0.900. The fourth-order valence-corrected chi connectivity index (χ4v) is 2.84. The van der Waals surface area contributed by atoms with Gasteiger partial charge in [-0.1, -0.05) is 0 Å². The summed E-state index contributed by atoms with van der Waals surface area (Å²) < 4.78 is 5.50. The Morgan fingerprint density at radius 1 is 1.67 bits per heavy atom. The van der Waals surface area contributed by atoms with E-state index in [-0.39, 0.29) is 11.5 Å². The zero-order valence-corrected chi connectivity index (χ0v) is 9.03. The minimum atomic E-state index is -0.809. The average molecular weight is 214 g/mol. The summed E-state index contributed by atoms with van der Waals surface area (Å²) in [5.41, 5.74) is 0.00535. The van der Waals surface area contributed by atoms with Crippen molar-refractivity contribution in [2.24, 2.45) is 5.41 Å². The Balaban J connectivity index is 2.12. The molecule has 2 atom stereocenters. The number of hydrogen-bond acceptors (Lipinski definition) is 3. The van der Waals surface area contributed by atoms with Gasteiger partial charge in [0.05, 0.1) is 6.10 Å². The minimum absolute atomic E-state index is 0.00535. The van der Waals surface area contributed by atoms with Crippen LogP contribution in [0.15, 0.2) is 0 Å². The molecule has 1 spiro atoms. The number of carbonyl (C=O) groups is 1. The van der Waals surface area contributed by atoms with Crippen LogP contribution in [0.5, 0.6) is 0 Å². The lowest BCUT2D eigenvalue weighted by Gasteiger charge is -2.44. The lowest BCUT2D eigenvalue weighted by atomic mass is 9.76. The van der Waals surface area contributed by atoms with E-state index in [1.807, 2.05) is 0 Å². The third kappa shape index (κ3) is 1.81. The van der Waals surface area contributed by atoms with Crippen molar-refractivity contribution in [1.82, 2.24) is 10.2 Å². The Labute approximate surface area is 89.4 Å². The van der Waals surface area contributed by atoms with Gasteiger partial charge in [-0.2, -0.15) is 0 Å². The van der Waals surface area contributed by atoms with Crippen LogP contribution >= 0.6 is 0 Å². The van der Waals surface area contributed by atoms with E-state index in [0.29, 0.717) is 13.1 Å². The van der Waals surface area contributed by atoms with Gasteiger partial charge in [0, 0.05) is 32.2 Å². The predicted molar refractivity (Wildman–Crippen MR) is 54.9 cm³/mol. The SMILES string of the molecule is COC1CCN(C(=O)O)CC12CCNC2. The molecule has 2 heterocycles. The zero-order valence-electron chi connectivity index (χ0n) is 9.03. The quantitative estimate of drug-likeness (QED) is 0.662. The highest BCUT2D eigenvalue weighted by Crippen LogP contribution is 2.37. The predicted octanol–water partition coefficient (Wildman–Crippen LogP) is 0.365. The van der Waals surface area contributed by atoms with Gasteiger partial charge in [0.15, 0.2) is 0 Å². The number of ether oxygens (including phenoxy) is 1. The Hall–Kier alpha value is -0.810. The van der Waals surface area contributed by atoms with Gasteiger partial charge in [-0.3, -0.25) is 0 Å². The second-order valence-electron chi connectivity index (χ2n) is 4.51. The summed E-state index contributed by atoms with van der Waals surface area (Å²) in [6.07, 6.45) is 1.21. The molecule has 2 aliphatic rings. The molecule has 0 radical (unpaired) electrons. The van der Waals surface area contributed by atoms with Gasteiger partial charge in [0.1, 0.15) is 0 Å². The van der Waals surface area contributed by atoms with E-state index in [2.05, 4.69) is 5.32 Å². The highest BCUT2D eigenvalue weighted by molar-refractivity contribution is 5.65. The van der Waals surface area contributed by atoms with Gasteiger partial charge in [0.2, 0.25) is 0 Å². The molecule has 15 heavy (non-hydrogen) atoms. The summed E-state index contributed by atoms with van der Waals surface area (Å²) in [4.78, 5) is 12.5. The van der Waals surface area contributed by atoms with E-state index in [9.17, 15) is 4.79 Å². The maximum atomic E-state index is 11.0. The molecular weight excluding hydrogens is 196 g/mol. The Morgan fingerprint density at radius 2 is 2.47 bits per heavy atom. The normalized spacial score (nSPS) is 36.1. The van der Waals surface area contributed by atoms with Crippen LogP contribution in [0.4, 0.5) is 4.79 Å². The van der Waals surface area contributed by atoms with Crippen LogP contribution in [0.1, 0.15) is 12.8 Å². The number of piperidine rings is 1. The molecule has 0 aromatic rings. The maximum Gasteiger partial charge on any atom is 0.407 e. The second kappa shape index (κ2) is 3.98. The van der Waals surface area contributed by atoms with Gasteiger partial charge < -0.3 is 20.1 Å². The molecule has 86 valence electrons. The molecule has 2 fully saturated rings. The Bertz CT molecular complexity index is 251. The van der Waals surface area contributed by atoms with Gasteiger partial charge in [-0.05, 0) is 19.4 Å². The smallest absolute Gasteiger partial charge is 0.407 e. The number of likely N-dealkylation sites (tertiary alicyclic amines) is 1. The lowest BCUT2D eigenvalue weighted by Crippen LogP contribution is -2.54. The van der Waals surface area contributed by atoms with Gasteiger partial charge >= 0.3 is 6.09 Å². The zero-order chi connectivity index (χ0) is 10.9. The molecule has 2 N–H and O–H groups in total. The van der Waals surface area contributed by atoms with Crippen LogP contribution in [0.3, 0.4) is 0 Å². The highest BCUT2D eigenvalue weighted by Gasteiger charge is 2.46. The first-order valence-electron chi connectivity index (χ1n) is 5.39. The van der Waals surface area contributed by atoms with E-state index in [1.54, 1.807) is 7.11 Å². The van der Waals surface area contributed by atoms with Gasteiger partial charge in [-0.15, -0.1) is 0 Å². The number of methoxy groups -OCH3 is 1. The number of amides is 1. The number of nitrogens with one attached hydrogen (secondary N) is 1. The number of rotatable bonds is 1. The topological polar surface area (TPSA) is 61.8 Å². The molecule has 1 amide bonds. The summed E-state index contributed by atoms with van der Waals surface area (Å²) in [5, 5.41) is 12.3. The van der Waals surface area contributed by atoms with Crippen molar-refractivity contribution in [3.05, 3.63) is 0 Å². The number of carboxylic acid groups (broad SMARTS) is 1. The summed E-state index contributed by atoms with van der Waals surface area (Å²) in [6.45, 7) is 3.03. The van der Waals surface area contributed by atoms with E-state index < -0.39 is 6.09 Å². The largest absolute Gasteiger partial charge is 0.465 e. The van der Waals surface area contributed by atoms with Crippen LogP contribution in [-0.2, 0) is 4.74 Å². The number of nitrogens with zero attached hydrogens (tertiary/aromatic N) is 1. The molecule has 2 unspecified atom stereocenters. The van der Waals surface area contributed by atoms with Crippen molar-refractivity contribution in [3.63, 3.8) is 0 Å². The third-order valence-electron chi connectivity index (χ3n) is 3.68. The van der Waals surface area contributed by atoms with Crippen LogP contribution in [-0.4, -0.2) is 55.5 Å². The van der Waals surface area contributed by atoms with Crippen LogP contribution in [0.25, 0.3) is 0 Å². The Morgan fingerprint density at radius 3 is 3.00 bits per heavy atom.